The van der Waals surface area contributed by atoms with Crippen LogP contribution in [0.25, 0.3) is 0 Å². The Labute approximate surface area is 224 Å². The minimum absolute atomic E-state index is 0.253. The lowest BCUT2D eigenvalue weighted by atomic mass is 9.80. The molecule has 36 heavy (non-hydrogen) atoms. The van der Waals surface area contributed by atoms with Crippen LogP contribution in [0.2, 0.25) is 0 Å². The topological polar surface area (TPSA) is 72.7 Å². The van der Waals surface area contributed by atoms with Crippen molar-refractivity contribution in [3.8, 4) is 5.75 Å². The zero-order valence-corrected chi connectivity index (χ0v) is 23.9. The first-order valence-corrected chi connectivity index (χ1v) is 13.8. The molecule has 1 saturated heterocycles. The maximum Gasteiger partial charge on any atom is 0.225 e. The predicted octanol–water partition coefficient (Wildman–Crippen LogP) is 7.04. The summed E-state index contributed by atoms with van der Waals surface area (Å²) in [5.41, 5.74) is 2.18. The predicted molar refractivity (Wildman–Crippen MR) is 149 cm³/mol. The molecule has 0 N–H and O–H groups in total. The number of rotatable bonds is 11. The zero-order valence-electron chi connectivity index (χ0n) is 22.3. The first-order valence-electron chi connectivity index (χ1n) is 13.0. The van der Waals surface area contributed by atoms with E-state index in [1.165, 1.54) is 0 Å². The van der Waals surface area contributed by atoms with Crippen LogP contribution in [0.5, 0.6) is 5.75 Å². The van der Waals surface area contributed by atoms with Gasteiger partial charge in [0.15, 0.2) is 5.75 Å². The summed E-state index contributed by atoms with van der Waals surface area (Å²) in [4.78, 5) is 21.3. The minimum atomic E-state index is 0.253. The van der Waals surface area contributed by atoms with E-state index in [4.69, 9.17) is 9.57 Å². The van der Waals surface area contributed by atoms with Gasteiger partial charge in [-0.2, -0.15) is 0 Å². The maximum absolute atomic E-state index is 5.87. The second kappa shape index (κ2) is 13.7. The van der Waals surface area contributed by atoms with Crippen LogP contribution in [-0.4, -0.2) is 33.8 Å². The number of halogens is 1. The van der Waals surface area contributed by atoms with Gasteiger partial charge in [0.2, 0.25) is 5.95 Å². The summed E-state index contributed by atoms with van der Waals surface area (Å²) >= 11 is 3.50. The Morgan fingerprint density at radius 2 is 1.92 bits per heavy atom. The Bertz CT molecular complexity index is 1010. The third-order valence-corrected chi connectivity index (χ3v) is 7.84. The first-order chi connectivity index (χ1) is 17.3. The fraction of sp³-hybridized carbons (Fsp3) is 0.571. The van der Waals surface area contributed by atoms with Crippen LogP contribution in [0.1, 0.15) is 65.9 Å². The molecule has 7 nitrogen and oxygen atoms in total. The van der Waals surface area contributed by atoms with E-state index in [-0.39, 0.29) is 5.92 Å². The monoisotopic (exact) mass is 557 g/mol. The average Bonchev–Trinajstić information content (AvgIpc) is 3.14. The van der Waals surface area contributed by atoms with Crippen LogP contribution < -0.4 is 9.64 Å². The summed E-state index contributed by atoms with van der Waals surface area (Å²) < 4.78 is 6.79. The van der Waals surface area contributed by atoms with Crippen LogP contribution in [0.4, 0.5) is 5.95 Å². The number of oxime groups is 1. The van der Waals surface area contributed by atoms with Gasteiger partial charge in [0.25, 0.3) is 0 Å². The van der Waals surface area contributed by atoms with Crippen LogP contribution in [0.3, 0.4) is 0 Å². The molecule has 196 valence electrons. The van der Waals surface area contributed by atoms with Gasteiger partial charge in [-0.25, -0.2) is 9.97 Å². The second-order valence-corrected chi connectivity index (χ2v) is 10.8. The van der Waals surface area contributed by atoms with Crippen molar-refractivity contribution in [3.05, 3.63) is 53.2 Å². The summed E-state index contributed by atoms with van der Waals surface area (Å²) in [5, 5.41) is 4.61. The van der Waals surface area contributed by atoms with Gasteiger partial charge in [0.05, 0.1) is 18.1 Å². The first kappa shape index (κ1) is 28.1. The van der Waals surface area contributed by atoms with Gasteiger partial charge in [-0.05, 0) is 59.5 Å². The molecule has 1 aliphatic heterocycles. The third-order valence-electron chi connectivity index (χ3n) is 7.12. The largest absolute Gasteiger partial charge is 0.486 e. The molecule has 8 heteroatoms. The van der Waals surface area contributed by atoms with E-state index < -0.39 is 0 Å². The van der Waals surface area contributed by atoms with Crippen molar-refractivity contribution in [1.29, 1.82) is 0 Å². The lowest BCUT2D eigenvalue weighted by Crippen LogP contribution is -2.29. The van der Waals surface area contributed by atoms with Crippen LogP contribution in [0.15, 0.2) is 52.8 Å². The molecule has 0 bridgehead atoms. The Morgan fingerprint density at radius 3 is 2.58 bits per heavy atom. The lowest BCUT2D eigenvalue weighted by Gasteiger charge is -2.27. The highest BCUT2D eigenvalue weighted by atomic mass is 79.9. The zero-order chi connectivity index (χ0) is 26.1. The molecule has 0 spiro atoms. The van der Waals surface area contributed by atoms with E-state index in [1.807, 2.05) is 6.07 Å². The highest BCUT2D eigenvalue weighted by Gasteiger charge is 2.28. The van der Waals surface area contributed by atoms with Gasteiger partial charge in [-0.1, -0.05) is 46.4 Å². The SMILES string of the molecule is C=C(ON=C(C(C)CC)C(C)C1CCCN(c2ncc(OCc3ccncc3Br)cn2)CC1)C(C)C. The molecule has 1 aliphatic rings. The van der Waals surface area contributed by atoms with Crippen molar-refractivity contribution in [2.24, 2.45) is 28.8 Å². The standard InChI is InChI=1S/C28H40BrN5O2/c1-7-20(4)27(33-36-22(6)19(2)3)21(5)23-9-8-13-34(14-11-23)28-31-15-25(16-32-28)35-18-24-10-12-30-17-26(24)29/h10,12,15-17,19-21,23H,6-9,11,13-14,18H2,1-5H3. The van der Waals surface area contributed by atoms with Gasteiger partial charge in [0, 0.05) is 47.4 Å². The van der Waals surface area contributed by atoms with Crippen molar-refractivity contribution >= 4 is 27.6 Å². The summed E-state index contributed by atoms with van der Waals surface area (Å²) in [6.07, 6.45) is 11.4. The fourth-order valence-electron chi connectivity index (χ4n) is 4.34. The molecule has 0 radical (unpaired) electrons. The summed E-state index contributed by atoms with van der Waals surface area (Å²) in [5.74, 6) is 3.65. The van der Waals surface area contributed by atoms with Crippen molar-refractivity contribution < 1.29 is 9.57 Å². The second-order valence-electron chi connectivity index (χ2n) is 9.98. The van der Waals surface area contributed by atoms with E-state index in [1.54, 1.807) is 24.8 Å². The van der Waals surface area contributed by atoms with Gasteiger partial charge < -0.3 is 14.5 Å². The average molecular weight is 559 g/mol. The number of hydrogen-bond acceptors (Lipinski definition) is 7. The highest BCUT2D eigenvalue weighted by Crippen LogP contribution is 2.30. The number of aromatic nitrogens is 3. The van der Waals surface area contributed by atoms with E-state index in [0.29, 0.717) is 35.9 Å². The molecule has 3 unspecified atom stereocenters. The van der Waals surface area contributed by atoms with Gasteiger partial charge in [-0.3, -0.25) is 4.98 Å². The molecule has 3 atom stereocenters. The number of anilines is 1. The van der Waals surface area contributed by atoms with Gasteiger partial charge in [-0.15, -0.1) is 0 Å². The van der Waals surface area contributed by atoms with Crippen LogP contribution in [-0.2, 0) is 11.4 Å². The molecule has 2 aromatic rings. The molecule has 1 fully saturated rings. The molecule has 0 aliphatic carbocycles. The molecule has 0 aromatic carbocycles. The van der Waals surface area contributed by atoms with Crippen molar-refractivity contribution in [2.45, 2.75) is 66.9 Å². The van der Waals surface area contributed by atoms with E-state index >= 15 is 0 Å². The van der Waals surface area contributed by atoms with Crippen molar-refractivity contribution in [3.63, 3.8) is 0 Å². The smallest absolute Gasteiger partial charge is 0.225 e. The quantitative estimate of drug-likeness (QED) is 0.167. The Balaban J connectivity index is 1.60. The summed E-state index contributed by atoms with van der Waals surface area (Å²) in [6.45, 7) is 17.2. The molecule has 3 rings (SSSR count). The molecular weight excluding hydrogens is 518 g/mol. The molecule has 2 aromatic heterocycles. The fourth-order valence-corrected chi connectivity index (χ4v) is 4.71. The minimum Gasteiger partial charge on any atom is -0.486 e. The number of nitrogens with zero attached hydrogens (tertiary/aromatic N) is 5. The number of hydrogen-bond donors (Lipinski definition) is 0. The van der Waals surface area contributed by atoms with E-state index in [2.05, 4.69) is 82.1 Å². The third kappa shape index (κ3) is 7.76. The summed E-state index contributed by atoms with van der Waals surface area (Å²) in [7, 11) is 0. The van der Waals surface area contributed by atoms with Crippen LogP contribution >= 0.6 is 15.9 Å². The number of pyridine rings is 1. The van der Waals surface area contributed by atoms with Crippen LogP contribution in [0, 0.1) is 23.7 Å². The van der Waals surface area contributed by atoms with Gasteiger partial charge in [0.1, 0.15) is 12.4 Å². The molecule has 0 saturated carbocycles. The van der Waals surface area contributed by atoms with E-state index in [0.717, 1.165) is 60.5 Å². The molecule has 3 heterocycles. The lowest BCUT2D eigenvalue weighted by molar-refractivity contribution is 0.193. The Morgan fingerprint density at radius 1 is 1.17 bits per heavy atom. The normalized spacial score (nSPS) is 18.5. The van der Waals surface area contributed by atoms with Crippen molar-refractivity contribution in [2.75, 3.05) is 18.0 Å². The van der Waals surface area contributed by atoms with Crippen molar-refractivity contribution in [1.82, 2.24) is 15.0 Å². The molecular formula is C28H40BrN5O2. The summed E-state index contributed by atoms with van der Waals surface area (Å²) in [6, 6.07) is 1.93. The Hall–Kier alpha value is -2.48. The Kier molecular flexibility index (Phi) is 10.7. The maximum atomic E-state index is 5.87. The van der Waals surface area contributed by atoms with E-state index in [9.17, 15) is 0 Å². The number of allylic oxidation sites excluding steroid dienone is 1. The highest BCUT2D eigenvalue weighted by molar-refractivity contribution is 9.10. The number of ether oxygens (including phenoxy) is 1. The molecule has 0 amide bonds. The van der Waals surface area contributed by atoms with Gasteiger partial charge >= 0.3 is 0 Å².